The molecular weight excluding hydrogens is 318 g/mol. The van der Waals surface area contributed by atoms with Crippen molar-refractivity contribution in [2.24, 2.45) is 5.41 Å². The van der Waals surface area contributed by atoms with Crippen molar-refractivity contribution in [3.8, 4) is 0 Å². The molecule has 25 heavy (non-hydrogen) atoms. The van der Waals surface area contributed by atoms with Crippen LogP contribution in [0.1, 0.15) is 24.8 Å². The van der Waals surface area contributed by atoms with Crippen molar-refractivity contribution in [3.05, 3.63) is 54.4 Å². The van der Waals surface area contributed by atoms with Gasteiger partial charge in [0.2, 0.25) is 5.95 Å². The Kier molecular flexibility index (Phi) is 5.28. The molecule has 2 heterocycles. The van der Waals surface area contributed by atoms with Gasteiger partial charge in [0.1, 0.15) is 5.41 Å². The summed E-state index contributed by atoms with van der Waals surface area (Å²) in [6.45, 7) is 0.779. The van der Waals surface area contributed by atoms with Crippen LogP contribution in [-0.2, 0) is 11.2 Å². The number of nitrogens with zero attached hydrogens (tertiary/aromatic N) is 3. The molecule has 2 aromatic rings. The van der Waals surface area contributed by atoms with Crippen molar-refractivity contribution < 1.29 is 15.0 Å². The molecule has 1 aliphatic heterocycles. The van der Waals surface area contributed by atoms with E-state index in [4.69, 9.17) is 0 Å². The molecule has 1 saturated heterocycles. The van der Waals surface area contributed by atoms with E-state index in [1.807, 2.05) is 35.2 Å². The van der Waals surface area contributed by atoms with Gasteiger partial charge >= 0.3 is 5.97 Å². The van der Waals surface area contributed by atoms with Gasteiger partial charge in [-0.3, -0.25) is 4.79 Å². The maximum Gasteiger partial charge on any atom is 0.314 e. The van der Waals surface area contributed by atoms with Gasteiger partial charge in [0, 0.05) is 25.5 Å². The molecule has 0 amide bonds. The summed E-state index contributed by atoms with van der Waals surface area (Å²) in [6.07, 6.45) is 4.75. The number of carboxylic acids is 1. The number of aliphatic carboxylic acids is 1. The van der Waals surface area contributed by atoms with E-state index in [1.54, 1.807) is 18.5 Å². The summed E-state index contributed by atoms with van der Waals surface area (Å²) in [6, 6.07) is 11.7. The highest BCUT2D eigenvalue weighted by molar-refractivity contribution is 5.76. The molecule has 0 spiro atoms. The average molecular weight is 341 g/mol. The molecule has 1 aliphatic rings. The van der Waals surface area contributed by atoms with Crippen molar-refractivity contribution in [2.45, 2.75) is 31.8 Å². The molecule has 0 unspecified atom stereocenters. The molecule has 1 aromatic heterocycles. The van der Waals surface area contributed by atoms with Gasteiger partial charge in [-0.25, -0.2) is 9.97 Å². The molecule has 2 N–H and O–H groups in total. The molecule has 3 rings (SSSR count). The Balaban J connectivity index is 1.73. The minimum Gasteiger partial charge on any atom is -0.481 e. The van der Waals surface area contributed by atoms with E-state index in [-0.39, 0.29) is 6.54 Å². The number of rotatable bonds is 6. The third-order valence-corrected chi connectivity index (χ3v) is 4.98. The van der Waals surface area contributed by atoms with Crippen LogP contribution in [0.4, 0.5) is 5.95 Å². The number of aliphatic hydroxyl groups is 1. The molecule has 1 aromatic carbocycles. The van der Waals surface area contributed by atoms with Crippen LogP contribution in [0.2, 0.25) is 0 Å². The SMILES string of the molecule is O=C(O)[C@]1(CCCc2ccccc2)CN(c2ncccn2)CC[C@H]1O. The Labute approximate surface area is 147 Å². The second kappa shape index (κ2) is 7.61. The summed E-state index contributed by atoms with van der Waals surface area (Å²) >= 11 is 0. The largest absolute Gasteiger partial charge is 0.481 e. The Bertz CT molecular complexity index is 696. The first-order valence-electron chi connectivity index (χ1n) is 8.59. The third kappa shape index (κ3) is 3.79. The van der Waals surface area contributed by atoms with Crippen molar-refractivity contribution in [2.75, 3.05) is 18.0 Å². The summed E-state index contributed by atoms with van der Waals surface area (Å²) in [5.74, 6) is -0.434. The van der Waals surface area contributed by atoms with E-state index in [1.165, 1.54) is 5.56 Å². The molecule has 0 aliphatic carbocycles. The molecule has 6 heteroatoms. The highest BCUT2D eigenvalue weighted by Gasteiger charge is 2.49. The molecule has 0 saturated carbocycles. The molecule has 2 atom stereocenters. The topological polar surface area (TPSA) is 86.5 Å². The first-order valence-corrected chi connectivity index (χ1v) is 8.59. The van der Waals surface area contributed by atoms with Crippen LogP contribution in [0.5, 0.6) is 0 Å². The summed E-state index contributed by atoms with van der Waals surface area (Å²) in [5.41, 5.74) is -0.0109. The lowest BCUT2D eigenvalue weighted by Gasteiger charge is -2.43. The van der Waals surface area contributed by atoms with E-state index < -0.39 is 17.5 Å². The smallest absolute Gasteiger partial charge is 0.314 e. The molecule has 6 nitrogen and oxygen atoms in total. The van der Waals surface area contributed by atoms with E-state index in [9.17, 15) is 15.0 Å². The van der Waals surface area contributed by atoms with Gasteiger partial charge in [0.05, 0.1) is 6.10 Å². The molecular formula is C19H23N3O3. The third-order valence-electron chi connectivity index (χ3n) is 4.98. The number of carboxylic acid groups (broad SMARTS) is 1. The number of hydrogen-bond acceptors (Lipinski definition) is 5. The Hall–Kier alpha value is -2.47. The fraction of sp³-hybridized carbons (Fsp3) is 0.421. The predicted octanol–water partition coefficient (Wildman–Crippen LogP) is 2.14. The first-order chi connectivity index (χ1) is 12.1. The average Bonchev–Trinajstić information content (AvgIpc) is 2.65. The fourth-order valence-corrected chi connectivity index (χ4v) is 3.52. The number of piperidine rings is 1. The zero-order valence-corrected chi connectivity index (χ0v) is 14.1. The van der Waals surface area contributed by atoms with Crippen LogP contribution in [0.25, 0.3) is 0 Å². The number of aliphatic hydroxyl groups excluding tert-OH is 1. The van der Waals surface area contributed by atoms with Gasteiger partial charge < -0.3 is 15.1 Å². The lowest BCUT2D eigenvalue weighted by molar-refractivity contribution is -0.158. The summed E-state index contributed by atoms with van der Waals surface area (Å²) in [4.78, 5) is 22.4. The van der Waals surface area contributed by atoms with Gasteiger partial charge in [0.15, 0.2) is 0 Å². The van der Waals surface area contributed by atoms with Crippen LogP contribution in [-0.4, -0.2) is 45.3 Å². The van der Waals surface area contributed by atoms with Gasteiger partial charge in [-0.1, -0.05) is 30.3 Å². The van der Waals surface area contributed by atoms with Gasteiger partial charge in [-0.05, 0) is 37.3 Å². The van der Waals surface area contributed by atoms with Crippen LogP contribution in [0.3, 0.4) is 0 Å². The lowest BCUT2D eigenvalue weighted by Crippen LogP contribution is -2.56. The first kappa shape index (κ1) is 17.4. The van der Waals surface area contributed by atoms with Gasteiger partial charge in [0.25, 0.3) is 0 Å². The number of hydrogen-bond donors (Lipinski definition) is 2. The Morgan fingerprint density at radius 1 is 1.20 bits per heavy atom. The van der Waals surface area contributed by atoms with Gasteiger partial charge in [-0.2, -0.15) is 0 Å². The van der Waals surface area contributed by atoms with Crippen molar-refractivity contribution in [1.82, 2.24) is 9.97 Å². The second-order valence-corrected chi connectivity index (χ2v) is 6.58. The normalized spacial score (nSPS) is 23.4. The molecule has 1 fully saturated rings. The fourth-order valence-electron chi connectivity index (χ4n) is 3.52. The zero-order chi connectivity index (χ0) is 17.7. The molecule has 0 radical (unpaired) electrons. The van der Waals surface area contributed by atoms with E-state index in [2.05, 4.69) is 9.97 Å². The number of aromatic nitrogens is 2. The Morgan fingerprint density at radius 3 is 2.60 bits per heavy atom. The number of benzene rings is 1. The van der Waals surface area contributed by atoms with Crippen molar-refractivity contribution >= 4 is 11.9 Å². The van der Waals surface area contributed by atoms with Crippen molar-refractivity contribution in [1.29, 1.82) is 0 Å². The predicted molar refractivity (Wildman–Crippen MR) is 94.3 cm³/mol. The second-order valence-electron chi connectivity index (χ2n) is 6.58. The lowest BCUT2D eigenvalue weighted by atomic mass is 9.73. The van der Waals surface area contributed by atoms with Crippen LogP contribution in [0, 0.1) is 5.41 Å². The summed E-state index contributed by atoms with van der Waals surface area (Å²) in [7, 11) is 0. The number of anilines is 1. The Morgan fingerprint density at radius 2 is 1.92 bits per heavy atom. The monoisotopic (exact) mass is 341 g/mol. The van der Waals surface area contributed by atoms with Crippen LogP contribution >= 0.6 is 0 Å². The molecule has 0 bridgehead atoms. The zero-order valence-electron chi connectivity index (χ0n) is 14.1. The maximum atomic E-state index is 12.1. The van der Waals surface area contributed by atoms with E-state index in [0.717, 1.165) is 6.42 Å². The standard InChI is InChI=1S/C19H23N3O3/c23-16-9-13-22(18-20-11-5-12-21-18)14-19(16,17(24)25)10-4-8-15-6-2-1-3-7-15/h1-3,5-7,11-12,16,23H,4,8-10,13-14H2,(H,24,25)/t16-,19-/m1/s1. The maximum absolute atomic E-state index is 12.1. The highest BCUT2D eigenvalue weighted by atomic mass is 16.4. The number of carbonyl (C=O) groups is 1. The van der Waals surface area contributed by atoms with E-state index in [0.29, 0.717) is 31.8 Å². The van der Waals surface area contributed by atoms with Crippen molar-refractivity contribution in [3.63, 3.8) is 0 Å². The van der Waals surface area contributed by atoms with Gasteiger partial charge in [-0.15, -0.1) is 0 Å². The van der Waals surface area contributed by atoms with E-state index >= 15 is 0 Å². The minimum absolute atomic E-state index is 0.225. The summed E-state index contributed by atoms with van der Waals surface area (Å²) in [5, 5.41) is 20.4. The van der Waals surface area contributed by atoms with Crippen LogP contribution in [0.15, 0.2) is 48.8 Å². The number of aryl methyl sites for hydroxylation is 1. The highest BCUT2D eigenvalue weighted by Crippen LogP contribution is 2.37. The minimum atomic E-state index is -1.19. The van der Waals surface area contributed by atoms with Crippen LogP contribution < -0.4 is 4.90 Å². The summed E-state index contributed by atoms with van der Waals surface area (Å²) < 4.78 is 0. The molecule has 132 valence electrons. The quantitative estimate of drug-likeness (QED) is 0.837.